The summed E-state index contributed by atoms with van der Waals surface area (Å²) in [6, 6.07) is 5.71. The Morgan fingerprint density at radius 2 is 2.00 bits per heavy atom. The van der Waals surface area contributed by atoms with Crippen molar-refractivity contribution >= 4 is 10.0 Å². The third kappa shape index (κ3) is 4.15. The second kappa shape index (κ2) is 6.29. The summed E-state index contributed by atoms with van der Waals surface area (Å²) in [5.74, 6) is 0.203. The highest BCUT2D eigenvalue weighted by Gasteiger charge is 2.39. The first kappa shape index (κ1) is 16.2. The summed E-state index contributed by atoms with van der Waals surface area (Å²) in [4.78, 5) is 0. The Labute approximate surface area is 124 Å². The summed E-state index contributed by atoms with van der Waals surface area (Å²) in [6.07, 6.45) is 2.63. The van der Waals surface area contributed by atoms with Gasteiger partial charge in [-0.1, -0.05) is 0 Å². The molecule has 1 heterocycles. The largest absolute Gasteiger partial charge is 0.491 e. The lowest BCUT2D eigenvalue weighted by molar-refractivity contribution is -0.0745. The van der Waals surface area contributed by atoms with E-state index in [0.29, 0.717) is 18.7 Å². The van der Waals surface area contributed by atoms with Gasteiger partial charge in [0.05, 0.1) is 6.26 Å². The van der Waals surface area contributed by atoms with Crippen LogP contribution < -0.4 is 4.74 Å². The highest BCUT2D eigenvalue weighted by molar-refractivity contribution is 7.88. The minimum absolute atomic E-state index is 0.223. The number of nitrogens with zero attached hydrogens (tertiary/aromatic N) is 1. The summed E-state index contributed by atoms with van der Waals surface area (Å²) in [6.45, 7) is 0.991. The lowest BCUT2D eigenvalue weighted by Gasteiger charge is -2.40. The Hall–Kier alpha value is -1.18. The highest BCUT2D eigenvalue weighted by Crippen LogP contribution is 2.27. The van der Waals surface area contributed by atoms with Crippen LogP contribution in [-0.2, 0) is 14.8 Å². The van der Waals surface area contributed by atoms with Crippen LogP contribution in [0, 0.1) is 5.82 Å². The molecule has 0 unspecified atom stereocenters. The SMILES string of the molecule is CO[C@]1(COc2ccc(F)cc2)CCCN(S(C)(=O)=O)C1. The van der Waals surface area contributed by atoms with Crippen LogP contribution >= 0.6 is 0 Å². The molecule has 1 aliphatic heterocycles. The van der Waals surface area contributed by atoms with Crippen molar-refractivity contribution in [3.05, 3.63) is 30.1 Å². The van der Waals surface area contributed by atoms with Crippen molar-refractivity contribution in [1.82, 2.24) is 4.31 Å². The Kier molecular flexibility index (Phi) is 4.85. The summed E-state index contributed by atoms with van der Waals surface area (Å²) < 4.78 is 48.8. The molecule has 1 aromatic rings. The minimum Gasteiger partial charge on any atom is -0.491 e. The molecule has 21 heavy (non-hydrogen) atoms. The van der Waals surface area contributed by atoms with E-state index >= 15 is 0 Å². The zero-order valence-electron chi connectivity index (χ0n) is 12.2. The van der Waals surface area contributed by atoms with Gasteiger partial charge in [0.15, 0.2) is 0 Å². The van der Waals surface area contributed by atoms with Crippen molar-refractivity contribution in [2.24, 2.45) is 0 Å². The van der Waals surface area contributed by atoms with E-state index in [9.17, 15) is 12.8 Å². The molecule has 0 radical (unpaired) electrons. The smallest absolute Gasteiger partial charge is 0.211 e. The van der Waals surface area contributed by atoms with Gasteiger partial charge in [0.1, 0.15) is 23.8 Å². The Morgan fingerprint density at radius 1 is 1.33 bits per heavy atom. The summed E-state index contributed by atoms with van der Waals surface area (Å²) in [7, 11) is -1.69. The lowest BCUT2D eigenvalue weighted by atomic mass is 9.95. The van der Waals surface area contributed by atoms with E-state index in [2.05, 4.69) is 0 Å². The van der Waals surface area contributed by atoms with Crippen molar-refractivity contribution in [3.8, 4) is 5.75 Å². The Balaban J connectivity index is 2.05. The number of piperidine rings is 1. The van der Waals surface area contributed by atoms with Gasteiger partial charge in [-0.05, 0) is 37.1 Å². The van der Waals surface area contributed by atoms with Gasteiger partial charge in [-0.2, -0.15) is 4.31 Å². The molecule has 7 heteroatoms. The molecule has 1 aromatic carbocycles. The number of rotatable bonds is 5. The van der Waals surface area contributed by atoms with Gasteiger partial charge in [0, 0.05) is 20.2 Å². The van der Waals surface area contributed by atoms with Crippen LogP contribution in [0.3, 0.4) is 0 Å². The summed E-state index contributed by atoms with van der Waals surface area (Å²) in [5.41, 5.74) is -0.671. The standard InChI is InChI=1S/C14H20FNO4S/c1-19-14(8-3-9-16(10-14)21(2,17)18)11-20-13-6-4-12(15)5-7-13/h4-7H,3,8-11H2,1-2H3/t14-/m1/s1. The van der Waals surface area contributed by atoms with Crippen molar-refractivity contribution in [2.75, 3.05) is 33.1 Å². The predicted molar refractivity (Wildman–Crippen MR) is 77.3 cm³/mol. The average Bonchev–Trinajstić information content (AvgIpc) is 2.46. The van der Waals surface area contributed by atoms with Crippen LogP contribution in [0.4, 0.5) is 4.39 Å². The van der Waals surface area contributed by atoms with Crippen LogP contribution in [0.2, 0.25) is 0 Å². The summed E-state index contributed by atoms with van der Waals surface area (Å²) in [5, 5.41) is 0. The molecular weight excluding hydrogens is 297 g/mol. The zero-order chi connectivity index (χ0) is 15.5. The van der Waals surface area contributed by atoms with Crippen LogP contribution in [0.25, 0.3) is 0 Å². The maximum Gasteiger partial charge on any atom is 0.211 e. The number of hydrogen-bond acceptors (Lipinski definition) is 4. The Bertz CT molecular complexity index is 575. The molecule has 1 atom stereocenters. The molecule has 0 amide bonds. The lowest BCUT2D eigenvalue weighted by Crippen LogP contribution is -2.54. The molecule has 118 valence electrons. The number of ether oxygens (including phenoxy) is 2. The van der Waals surface area contributed by atoms with Crippen molar-refractivity contribution < 1.29 is 22.3 Å². The van der Waals surface area contributed by atoms with Crippen molar-refractivity contribution in [3.63, 3.8) is 0 Å². The number of halogens is 1. The highest BCUT2D eigenvalue weighted by atomic mass is 32.2. The van der Waals surface area contributed by atoms with E-state index in [0.717, 1.165) is 6.42 Å². The molecule has 1 saturated heterocycles. The molecule has 1 fully saturated rings. The molecule has 0 spiro atoms. The summed E-state index contributed by atoms with van der Waals surface area (Å²) >= 11 is 0. The van der Waals surface area contributed by atoms with E-state index < -0.39 is 15.6 Å². The van der Waals surface area contributed by atoms with Gasteiger partial charge in [-0.15, -0.1) is 0 Å². The normalized spacial score (nSPS) is 24.0. The van der Waals surface area contributed by atoms with Gasteiger partial charge in [0.2, 0.25) is 10.0 Å². The van der Waals surface area contributed by atoms with Crippen LogP contribution in [0.5, 0.6) is 5.75 Å². The molecule has 0 saturated carbocycles. The molecular formula is C14H20FNO4S. The third-order valence-corrected chi connectivity index (χ3v) is 4.97. The van der Waals surface area contributed by atoms with Gasteiger partial charge >= 0.3 is 0 Å². The second-order valence-electron chi connectivity index (χ2n) is 5.33. The van der Waals surface area contributed by atoms with Gasteiger partial charge in [0.25, 0.3) is 0 Å². The molecule has 1 aliphatic rings. The average molecular weight is 317 g/mol. The first-order chi connectivity index (χ1) is 9.85. The first-order valence-corrected chi connectivity index (χ1v) is 8.58. The molecule has 0 aromatic heterocycles. The topological polar surface area (TPSA) is 55.8 Å². The molecule has 0 bridgehead atoms. The number of hydrogen-bond donors (Lipinski definition) is 0. The fraction of sp³-hybridized carbons (Fsp3) is 0.571. The Morgan fingerprint density at radius 3 is 2.57 bits per heavy atom. The van der Waals surface area contributed by atoms with Crippen LogP contribution in [-0.4, -0.2) is 51.4 Å². The van der Waals surface area contributed by atoms with E-state index in [1.54, 1.807) is 7.11 Å². The second-order valence-corrected chi connectivity index (χ2v) is 7.31. The van der Waals surface area contributed by atoms with E-state index in [1.807, 2.05) is 0 Å². The number of sulfonamides is 1. The first-order valence-electron chi connectivity index (χ1n) is 6.73. The van der Waals surface area contributed by atoms with Crippen LogP contribution in [0.15, 0.2) is 24.3 Å². The maximum atomic E-state index is 12.9. The number of benzene rings is 1. The van der Waals surface area contributed by atoms with Crippen LogP contribution in [0.1, 0.15) is 12.8 Å². The van der Waals surface area contributed by atoms with Gasteiger partial charge < -0.3 is 9.47 Å². The third-order valence-electron chi connectivity index (χ3n) is 3.72. The fourth-order valence-electron chi connectivity index (χ4n) is 2.43. The maximum absolute atomic E-state index is 12.9. The van der Waals surface area contributed by atoms with Gasteiger partial charge in [-0.25, -0.2) is 12.8 Å². The van der Waals surface area contributed by atoms with Gasteiger partial charge in [-0.3, -0.25) is 0 Å². The van der Waals surface area contributed by atoms with E-state index in [-0.39, 0.29) is 19.0 Å². The number of methoxy groups -OCH3 is 1. The van der Waals surface area contributed by atoms with E-state index in [4.69, 9.17) is 9.47 Å². The zero-order valence-corrected chi connectivity index (χ0v) is 13.0. The quantitative estimate of drug-likeness (QED) is 0.828. The molecule has 5 nitrogen and oxygen atoms in total. The molecule has 0 N–H and O–H groups in total. The predicted octanol–water partition coefficient (Wildman–Crippen LogP) is 1.65. The van der Waals surface area contributed by atoms with E-state index in [1.165, 1.54) is 34.8 Å². The monoisotopic (exact) mass is 317 g/mol. The molecule has 2 rings (SSSR count). The van der Waals surface area contributed by atoms with Crippen molar-refractivity contribution in [2.45, 2.75) is 18.4 Å². The minimum atomic E-state index is -3.25. The molecule has 0 aliphatic carbocycles. The fourth-order valence-corrected chi connectivity index (χ4v) is 3.36. The van der Waals surface area contributed by atoms with Crippen molar-refractivity contribution in [1.29, 1.82) is 0 Å².